The van der Waals surface area contributed by atoms with Gasteiger partial charge in [0.25, 0.3) is 5.91 Å². The van der Waals surface area contributed by atoms with Gasteiger partial charge in [0.2, 0.25) is 0 Å². The van der Waals surface area contributed by atoms with Crippen molar-refractivity contribution in [1.29, 1.82) is 0 Å². The van der Waals surface area contributed by atoms with Gasteiger partial charge >= 0.3 is 0 Å². The lowest BCUT2D eigenvalue weighted by Crippen LogP contribution is -2.44. The summed E-state index contributed by atoms with van der Waals surface area (Å²) in [5, 5.41) is 4.15. The maximum Gasteiger partial charge on any atom is 0.252 e. The Morgan fingerprint density at radius 3 is 2.69 bits per heavy atom. The van der Waals surface area contributed by atoms with Crippen LogP contribution in [0.3, 0.4) is 0 Å². The van der Waals surface area contributed by atoms with E-state index in [4.69, 9.17) is 11.6 Å². The van der Waals surface area contributed by atoms with Crippen LogP contribution in [-0.2, 0) is 0 Å². The van der Waals surface area contributed by atoms with E-state index in [2.05, 4.69) is 37.2 Å². The number of nitrogens with one attached hydrogen (secondary N) is 1. The fraction of sp³-hybridized carbons (Fsp3) is 0.364. The summed E-state index contributed by atoms with van der Waals surface area (Å²) in [4.78, 5) is 12.0. The van der Waals surface area contributed by atoms with Crippen molar-refractivity contribution in [1.82, 2.24) is 5.32 Å². The zero-order valence-electron chi connectivity index (χ0n) is 8.98. The van der Waals surface area contributed by atoms with Gasteiger partial charge in [-0.3, -0.25) is 4.79 Å². The lowest BCUT2D eigenvalue weighted by atomic mass is 10.1. The molecule has 0 bridgehead atoms. The van der Waals surface area contributed by atoms with Crippen LogP contribution in [0.2, 0.25) is 5.02 Å². The van der Waals surface area contributed by atoms with Gasteiger partial charge in [-0.2, -0.15) is 0 Å². The van der Waals surface area contributed by atoms with Gasteiger partial charge in [0.15, 0.2) is 0 Å². The Kier molecular flexibility index (Phi) is 4.83. The monoisotopic (exact) mass is 367 g/mol. The highest BCUT2D eigenvalue weighted by Crippen LogP contribution is 2.21. The van der Waals surface area contributed by atoms with Gasteiger partial charge in [-0.1, -0.05) is 27.5 Å². The number of benzene rings is 1. The summed E-state index contributed by atoms with van der Waals surface area (Å²) in [5.74, 6) is -0.140. The fourth-order valence-electron chi connectivity index (χ4n) is 1.08. The summed E-state index contributed by atoms with van der Waals surface area (Å²) in [6.45, 7) is 3.89. The molecule has 1 amide bonds. The van der Waals surface area contributed by atoms with Crippen LogP contribution in [0.15, 0.2) is 22.7 Å². The lowest BCUT2D eigenvalue weighted by molar-refractivity contribution is 0.0920. The van der Waals surface area contributed by atoms with E-state index in [0.29, 0.717) is 15.9 Å². The van der Waals surface area contributed by atoms with Crippen LogP contribution < -0.4 is 5.32 Å². The zero-order valence-corrected chi connectivity index (χ0v) is 12.9. The second-order valence-corrected chi connectivity index (χ2v) is 5.95. The Hall–Kier alpha value is -0.0600. The fourth-order valence-corrected chi connectivity index (χ4v) is 1.82. The van der Waals surface area contributed by atoms with Gasteiger partial charge in [0, 0.05) is 20.4 Å². The molecule has 0 aromatic heterocycles. The molecule has 1 aromatic rings. The number of carbonyl (C=O) groups excluding carboxylic acids is 1. The maximum atomic E-state index is 12.0. The van der Waals surface area contributed by atoms with E-state index in [1.54, 1.807) is 18.2 Å². The summed E-state index contributed by atoms with van der Waals surface area (Å²) >= 11 is 12.5. The van der Waals surface area contributed by atoms with Gasteiger partial charge in [-0.15, -0.1) is 0 Å². The van der Waals surface area contributed by atoms with E-state index in [9.17, 15) is 4.79 Å². The minimum Gasteiger partial charge on any atom is -0.346 e. The van der Waals surface area contributed by atoms with Gasteiger partial charge < -0.3 is 5.32 Å². The number of alkyl halides is 1. The molecule has 16 heavy (non-hydrogen) atoms. The topological polar surface area (TPSA) is 29.1 Å². The van der Waals surface area contributed by atoms with Gasteiger partial charge in [0.1, 0.15) is 0 Å². The van der Waals surface area contributed by atoms with E-state index >= 15 is 0 Å². The minimum absolute atomic E-state index is 0.140. The molecule has 1 aromatic carbocycles. The van der Waals surface area contributed by atoms with Crippen LogP contribution in [0.4, 0.5) is 0 Å². The van der Waals surface area contributed by atoms with E-state index in [1.165, 1.54) is 0 Å². The Morgan fingerprint density at radius 2 is 2.12 bits per heavy atom. The molecular weight excluding hydrogens is 357 g/mol. The summed E-state index contributed by atoms with van der Waals surface area (Å²) in [5.41, 5.74) is 0.250. The highest BCUT2D eigenvalue weighted by atomic mass is 79.9. The van der Waals surface area contributed by atoms with Crippen molar-refractivity contribution in [3.05, 3.63) is 33.3 Å². The molecule has 0 heterocycles. The van der Waals surface area contributed by atoms with Crippen LogP contribution in [0.5, 0.6) is 0 Å². The minimum atomic E-state index is -0.293. The molecule has 0 aliphatic heterocycles. The van der Waals surface area contributed by atoms with Crippen molar-refractivity contribution in [3.8, 4) is 0 Å². The highest BCUT2D eigenvalue weighted by Gasteiger charge is 2.21. The molecule has 88 valence electrons. The quantitative estimate of drug-likeness (QED) is 0.802. The predicted molar refractivity (Wildman–Crippen MR) is 74.5 cm³/mol. The van der Waals surface area contributed by atoms with Crippen molar-refractivity contribution in [3.63, 3.8) is 0 Å². The van der Waals surface area contributed by atoms with Crippen LogP contribution in [0, 0.1) is 0 Å². The van der Waals surface area contributed by atoms with Crippen molar-refractivity contribution in [2.24, 2.45) is 0 Å². The molecule has 0 atom stereocenters. The lowest BCUT2D eigenvalue weighted by Gasteiger charge is -2.23. The zero-order chi connectivity index (χ0) is 12.3. The number of hydrogen-bond acceptors (Lipinski definition) is 1. The molecule has 0 aliphatic carbocycles. The molecule has 0 spiro atoms. The first-order valence-electron chi connectivity index (χ1n) is 4.69. The third-order valence-electron chi connectivity index (χ3n) is 1.96. The molecule has 0 fully saturated rings. The predicted octanol–water partition coefficient (Wildman–Crippen LogP) is 4.01. The average Bonchev–Trinajstić information content (AvgIpc) is 2.21. The summed E-state index contributed by atoms with van der Waals surface area (Å²) < 4.78 is 0.736. The molecule has 0 saturated heterocycles. The molecule has 2 nitrogen and oxygen atoms in total. The standard InChI is InChI=1S/C11H12Br2ClNO/c1-11(2,6-12)15-10(16)8-5-7(14)3-4-9(8)13/h3-5H,6H2,1-2H3,(H,15,16). The smallest absolute Gasteiger partial charge is 0.252 e. The SMILES string of the molecule is CC(C)(CBr)NC(=O)c1cc(Cl)ccc1Br. The van der Waals surface area contributed by atoms with Crippen molar-refractivity contribution >= 4 is 49.4 Å². The molecule has 1 rings (SSSR count). The third-order valence-corrected chi connectivity index (χ3v) is 4.29. The molecular formula is C11H12Br2ClNO. The second-order valence-electron chi connectivity index (χ2n) is 4.10. The first kappa shape index (κ1) is 14.0. The average molecular weight is 369 g/mol. The molecule has 0 saturated carbocycles. The van der Waals surface area contributed by atoms with E-state index in [1.807, 2.05) is 13.8 Å². The Labute approximate surface area is 117 Å². The first-order chi connectivity index (χ1) is 7.35. The van der Waals surface area contributed by atoms with E-state index in [0.717, 1.165) is 4.47 Å². The van der Waals surface area contributed by atoms with E-state index < -0.39 is 0 Å². The van der Waals surface area contributed by atoms with E-state index in [-0.39, 0.29) is 11.4 Å². The Morgan fingerprint density at radius 1 is 1.50 bits per heavy atom. The van der Waals surface area contributed by atoms with Gasteiger partial charge in [0.05, 0.1) is 5.56 Å². The summed E-state index contributed by atoms with van der Waals surface area (Å²) in [6, 6.07) is 5.14. The largest absolute Gasteiger partial charge is 0.346 e. The van der Waals surface area contributed by atoms with Crippen LogP contribution in [0.25, 0.3) is 0 Å². The van der Waals surface area contributed by atoms with Gasteiger partial charge in [-0.05, 0) is 48.0 Å². The van der Waals surface area contributed by atoms with Crippen LogP contribution in [0.1, 0.15) is 24.2 Å². The third kappa shape index (κ3) is 3.75. The second kappa shape index (κ2) is 5.52. The Bertz CT molecular complexity index is 407. The molecule has 0 aliphatic rings. The van der Waals surface area contributed by atoms with Gasteiger partial charge in [-0.25, -0.2) is 0 Å². The van der Waals surface area contributed by atoms with Crippen molar-refractivity contribution < 1.29 is 4.79 Å². The maximum absolute atomic E-state index is 12.0. The number of rotatable bonds is 3. The number of carbonyl (C=O) groups is 1. The van der Waals surface area contributed by atoms with Crippen molar-refractivity contribution in [2.45, 2.75) is 19.4 Å². The van der Waals surface area contributed by atoms with Crippen LogP contribution >= 0.6 is 43.5 Å². The number of hydrogen-bond donors (Lipinski definition) is 1. The molecule has 1 N–H and O–H groups in total. The number of amides is 1. The molecule has 0 radical (unpaired) electrons. The van der Waals surface area contributed by atoms with Crippen molar-refractivity contribution in [2.75, 3.05) is 5.33 Å². The highest BCUT2D eigenvalue weighted by molar-refractivity contribution is 9.10. The summed E-state index contributed by atoms with van der Waals surface area (Å²) in [6.07, 6.45) is 0. The molecule has 5 heteroatoms. The Balaban J connectivity index is 2.93. The van der Waals surface area contributed by atoms with Crippen LogP contribution in [-0.4, -0.2) is 16.8 Å². The molecule has 0 unspecified atom stereocenters. The normalized spacial score (nSPS) is 11.3. The number of halogens is 3. The summed E-state index contributed by atoms with van der Waals surface area (Å²) in [7, 11) is 0. The first-order valence-corrected chi connectivity index (χ1v) is 6.98.